The largest absolute Gasteiger partial charge is 0.503 e. The summed E-state index contributed by atoms with van der Waals surface area (Å²) in [6.07, 6.45) is 0.808. The molecule has 1 aromatic carbocycles. The molecular weight excluding hydrogens is 383 g/mol. The van der Waals surface area contributed by atoms with Crippen molar-refractivity contribution in [3.63, 3.8) is 0 Å². The topological polar surface area (TPSA) is 107 Å². The van der Waals surface area contributed by atoms with Crippen molar-refractivity contribution in [3.05, 3.63) is 47.5 Å². The van der Waals surface area contributed by atoms with Gasteiger partial charge in [-0.2, -0.15) is 0 Å². The van der Waals surface area contributed by atoms with Crippen LogP contribution in [0.1, 0.15) is 29.9 Å². The molecule has 29 heavy (non-hydrogen) atoms. The zero-order valence-electron chi connectivity index (χ0n) is 16.6. The second kappa shape index (κ2) is 9.72. The van der Waals surface area contributed by atoms with E-state index in [4.69, 9.17) is 14.2 Å². The van der Waals surface area contributed by atoms with Crippen LogP contribution in [0.4, 0.5) is 4.39 Å². The lowest BCUT2D eigenvalue weighted by Gasteiger charge is -2.18. The highest BCUT2D eigenvalue weighted by Gasteiger charge is 2.23. The first kappa shape index (κ1) is 21.9. The van der Waals surface area contributed by atoms with Gasteiger partial charge in [-0.15, -0.1) is 0 Å². The van der Waals surface area contributed by atoms with E-state index in [1.165, 1.54) is 44.5 Å². The molecule has 156 valence electrons. The predicted octanol–water partition coefficient (Wildman–Crippen LogP) is 2.37. The van der Waals surface area contributed by atoms with Crippen LogP contribution < -0.4 is 14.8 Å². The van der Waals surface area contributed by atoms with Gasteiger partial charge in [-0.1, -0.05) is 0 Å². The van der Waals surface area contributed by atoms with Gasteiger partial charge in [0.2, 0.25) is 0 Å². The summed E-state index contributed by atoms with van der Waals surface area (Å²) < 4.78 is 28.8. The van der Waals surface area contributed by atoms with E-state index in [0.29, 0.717) is 11.3 Å². The summed E-state index contributed by atoms with van der Waals surface area (Å²) in [6.45, 7) is 4.76. The van der Waals surface area contributed by atoms with Crippen LogP contribution in [0.2, 0.25) is 0 Å². The number of carbonyl (C=O) groups is 2. The van der Waals surface area contributed by atoms with Crippen LogP contribution in [0.15, 0.2) is 30.5 Å². The van der Waals surface area contributed by atoms with Gasteiger partial charge in [-0.05, 0) is 44.5 Å². The van der Waals surface area contributed by atoms with E-state index in [-0.39, 0.29) is 23.9 Å². The van der Waals surface area contributed by atoms with Crippen LogP contribution in [-0.4, -0.2) is 47.8 Å². The number of benzene rings is 1. The first-order valence-corrected chi connectivity index (χ1v) is 8.85. The molecule has 2 rings (SSSR count). The standard InChI is InChI=1S/C20H23FN2O6/c1-11-9-14(21)5-6-15(11)29-12(2)10-28-20(26)13(3)23-19(25)17-18(24)16(27-4)7-8-22-17/h5-9,12-13,24H,10H2,1-4H3,(H,23,25)/t12-,13-/m0/s1. The summed E-state index contributed by atoms with van der Waals surface area (Å²) in [5, 5.41) is 12.4. The normalized spacial score (nSPS) is 12.6. The second-order valence-electron chi connectivity index (χ2n) is 6.37. The van der Waals surface area contributed by atoms with E-state index in [2.05, 4.69) is 10.3 Å². The van der Waals surface area contributed by atoms with Crippen LogP contribution in [0.5, 0.6) is 17.2 Å². The number of aryl methyl sites for hydroxylation is 1. The third-order valence-corrected chi connectivity index (χ3v) is 3.95. The number of methoxy groups -OCH3 is 1. The molecule has 0 fully saturated rings. The quantitative estimate of drug-likeness (QED) is 0.648. The highest BCUT2D eigenvalue weighted by atomic mass is 19.1. The molecule has 8 nitrogen and oxygen atoms in total. The van der Waals surface area contributed by atoms with E-state index in [0.717, 1.165) is 0 Å². The molecule has 1 amide bonds. The fraction of sp³-hybridized carbons (Fsp3) is 0.350. The van der Waals surface area contributed by atoms with Gasteiger partial charge in [0, 0.05) is 12.3 Å². The Morgan fingerprint density at radius 2 is 1.97 bits per heavy atom. The zero-order valence-corrected chi connectivity index (χ0v) is 16.6. The molecule has 0 aliphatic heterocycles. The van der Waals surface area contributed by atoms with E-state index < -0.39 is 29.8 Å². The van der Waals surface area contributed by atoms with Crippen molar-refractivity contribution in [1.29, 1.82) is 0 Å². The van der Waals surface area contributed by atoms with E-state index in [9.17, 15) is 19.1 Å². The van der Waals surface area contributed by atoms with E-state index in [1.54, 1.807) is 13.8 Å². The molecule has 0 radical (unpaired) electrons. The number of nitrogens with zero attached hydrogens (tertiary/aromatic N) is 1. The molecule has 2 atom stereocenters. The minimum atomic E-state index is -0.991. The maximum Gasteiger partial charge on any atom is 0.328 e. The second-order valence-corrected chi connectivity index (χ2v) is 6.37. The summed E-state index contributed by atoms with van der Waals surface area (Å²) in [6, 6.07) is 4.52. The number of aromatic hydroxyl groups is 1. The van der Waals surface area contributed by atoms with Crippen LogP contribution in [0.3, 0.4) is 0 Å². The highest BCUT2D eigenvalue weighted by molar-refractivity contribution is 5.97. The molecule has 1 heterocycles. The fourth-order valence-corrected chi connectivity index (χ4v) is 2.41. The van der Waals surface area contributed by atoms with Gasteiger partial charge in [-0.3, -0.25) is 4.79 Å². The van der Waals surface area contributed by atoms with Gasteiger partial charge < -0.3 is 24.6 Å². The number of esters is 1. The van der Waals surface area contributed by atoms with Gasteiger partial charge >= 0.3 is 5.97 Å². The van der Waals surface area contributed by atoms with Crippen LogP contribution in [0.25, 0.3) is 0 Å². The van der Waals surface area contributed by atoms with Crippen molar-refractivity contribution in [2.45, 2.75) is 32.9 Å². The molecule has 0 saturated carbocycles. The van der Waals surface area contributed by atoms with Gasteiger partial charge in [0.15, 0.2) is 17.2 Å². The number of hydrogen-bond acceptors (Lipinski definition) is 7. The maximum atomic E-state index is 13.1. The molecule has 0 bridgehead atoms. The molecule has 0 aliphatic rings. The Bertz CT molecular complexity index is 889. The van der Waals surface area contributed by atoms with Crippen molar-refractivity contribution in [1.82, 2.24) is 10.3 Å². The average molecular weight is 406 g/mol. The number of rotatable bonds is 8. The van der Waals surface area contributed by atoms with Crippen LogP contribution in [0, 0.1) is 12.7 Å². The van der Waals surface area contributed by atoms with Crippen LogP contribution in [-0.2, 0) is 9.53 Å². The number of amides is 1. The number of hydrogen-bond donors (Lipinski definition) is 2. The molecule has 1 aromatic heterocycles. The van der Waals surface area contributed by atoms with E-state index >= 15 is 0 Å². The van der Waals surface area contributed by atoms with Gasteiger partial charge in [0.25, 0.3) is 5.91 Å². The number of ether oxygens (including phenoxy) is 3. The Morgan fingerprint density at radius 3 is 2.62 bits per heavy atom. The fourth-order valence-electron chi connectivity index (χ4n) is 2.41. The van der Waals surface area contributed by atoms with Crippen molar-refractivity contribution < 1.29 is 33.3 Å². The highest BCUT2D eigenvalue weighted by Crippen LogP contribution is 2.27. The Kier molecular flexibility index (Phi) is 7.35. The lowest BCUT2D eigenvalue weighted by Crippen LogP contribution is -2.40. The van der Waals surface area contributed by atoms with Crippen molar-refractivity contribution in [3.8, 4) is 17.2 Å². The van der Waals surface area contributed by atoms with Gasteiger partial charge in [0.05, 0.1) is 7.11 Å². The van der Waals surface area contributed by atoms with Crippen LogP contribution >= 0.6 is 0 Å². The monoisotopic (exact) mass is 406 g/mol. The third kappa shape index (κ3) is 5.81. The minimum absolute atomic E-state index is 0.0709. The number of nitrogens with one attached hydrogen (secondary N) is 1. The Labute approximate surface area is 167 Å². The number of aromatic nitrogens is 1. The first-order valence-electron chi connectivity index (χ1n) is 8.85. The minimum Gasteiger partial charge on any atom is -0.503 e. The smallest absolute Gasteiger partial charge is 0.328 e. The molecule has 0 spiro atoms. The van der Waals surface area contributed by atoms with Crippen molar-refractivity contribution in [2.75, 3.05) is 13.7 Å². The lowest BCUT2D eigenvalue weighted by atomic mass is 10.2. The third-order valence-electron chi connectivity index (χ3n) is 3.95. The number of carbonyl (C=O) groups excluding carboxylic acids is 2. The SMILES string of the molecule is COc1ccnc(C(=O)N[C@@H](C)C(=O)OC[C@H](C)Oc2ccc(F)cc2C)c1O. The molecule has 0 aliphatic carbocycles. The molecule has 9 heteroatoms. The summed E-state index contributed by atoms with van der Waals surface area (Å²) in [4.78, 5) is 28.2. The lowest BCUT2D eigenvalue weighted by molar-refractivity contribution is -0.147. The maximum absolute atomic E-state index is 13.1. The van der Waals surface area contributed by atoms with E-state index in [1.807, 2.05) is 0 Å². The zero-order chi connectivity index (χ0) is 21.6. The summed E-state index contributed by atoms with van der Waals surface area (Å²) in [5.41, 5.74) is 0.349. The van der Waals surface area contributed by atoms with Gasteiger partial charge in [-0.25, -0.2) is 14.2 Å². The summed E-state index contributed by atoms with van der Waals surface area (Å²) in [5.74, 6) is -1.66. The summed E-state index contributed by atoms with van der Waals surface area (Å²) >= 11 is 0. The first-order chi connectivity index (χ1) is 13.7. The predicted molar refractivity (Wildman–Crippen MR) is 102 cm³/mol. The Morgan fingerprint density at radius 1 is 1.24 bits per heavy atom. The molecule has 0 unspecified atom stereocenters. The number of pyridine rings is 1. The summed E-state index contributed by atoms with van der Waals surface area (Å²) in [7, 11) is 1.34. The van der Waals surface area contributed by atoms with Crippen molar-refractivity contribution >= 4 is 11.9 Å². The molecular formula is C20H23FN2O6. The van der Waals surface area contributed by atoms with Crippen molar-refractivity contribution in [2.24, 2.45) is 0 Å². The molecule has 2 N–H and O–H groups in total. The average Bonchev–Trinajstić information content (AvgIpc) is 2.68. The molecule has 0 saturated heterocycles. The number of halogens is 1. The molecule has 2 aromatic rings. The Balaban J connectivity index is 1.88. The van der Waals surface area contributed by atoms with Gasteiger partial charge in [0.1, 0.15) is 30.3 Å². The Hall–Kier alpha value is -3.36.